The lowest BCUT2D eigenvalue weighted by molar-refractivity contribution is 0.0696. The summed E-state index contributed by atoms with van der Waals surface area (Å²) in [6.07, 6.45) is 2.52. The number of aryl methyl sites for hydroxylation is 1. The van der Waals surface area contributed by atoms with E-state index >= 15 is 0 Å². The molecule has 100 valence electrons. The number of pyridine rings is 1. The van der Waals surface area contributed by atoms with E-state index in [2.05, 4.69) is 17.1 Å². The van der Waals surface area contributed by atoms with E-state index in [1.165, 1.54) is 11.6 Å². The Morgan fingerprint density at radius 2 is 1.90 bits per heavy atom. The molecule has 2 aromatic heterocycles. The predicted molar refractivity (Wildman–Crippen MR) is 74.8 cm³/mol. The standard InChI is InChI=1S/C15H13N3O2/c1-2-10-3-5-11(6-4-10)14-17-16-13-8-7-12(15(19)20)9-18(13)14/h3-9H,2H2,1H3,(H,19,20). The van der Waals surface area contributed by atoms with E-state index in [0.717, 1.165) is 12.0 Å². The molecule has 3 rings (SSSR count). The molecule has 3 aromatic rings. The molecule has 0 unspecified atom stereocenters. The summed E-state index contributed by atoms with van der Waals surface area (Å²) < 4.78 is 1.70. The van der Waals surface area contributed by atoms with Gasteiger partial charge >= 0.3 is 5.97 Å². The molecule has 0 aliphatic heterocycles. The van der Waals surface area contributed by atoms with Crippen molar-refractivity contribution in [2.24, 2.45) is 0 Å². The molecule has 0 saturated carbocycles. The number of hydrogen-bond acceptors (Lipinski definition) is 3. The molecule has 1 aromatic carbocycles. The molecule has 0 saturated heterocycles. The van der Waals surface area contributed by atoms with Gasteiger partial charge in [0.25, 0.3) is 0 Å². The fourth-order valence-electron chi connectivity index (χ4n) is 2.10. The first-order chi connectivity index (χ1) is 9.69. The molecule has 20 heavy (non-hydrogen) atoms. The van der Waals surface area contributed by atoms with Gasteiger partial charge in [0.2, 0.25) is 0 Å². The van der Waals surface area contributed by atoms with Crippen LogP contribution in [0.25, 0.3) is 17.0 Å². The monoisotopic (exact) mass is 267 g/mol. The topological polar surface area (TPSA) is 67.5 Å². The van der Waals surface area contributed by atoms with Gasteiger partial charge in [-0.1, -0.05) is 31.2 Å². The zero-order valence-electron chi connectivity index (χ0n) is 10.9. The van der Waals surface area contributed by atoms with Crippen LogP contribution in [0.15, 0.2) is 42.6 Å². The Hall–Kier alpha value is -2.69. The summed E-state index contributed by atoms with van der Waals surface area (Å²) in [6.45, 7) is 2.10. The Morgan fingerprint density at radius 1 is 1.15 bits per heavy atom. The number of benzene rings is 1. The summed E-state index contributed by atoms with van der Waals surface area (Å²) in [7, 11) is 0. The highest BCUT2D eigenvalue weighted by molar-refractivity contribution is 5.87. The summed E-state index contributed by atoms with van der Waals surface area (Å²) in [5.74, 6) is -0.321. The maximum Gasteiger partial charge on any atom is 0.337 e. The first kappa shape index (κ1) is 12.3. The van der Waals surface area contributed by atoms with Crippen molar-refractivity contribution in [1.29, 1.82) is 0 Å². The minimum absolute atomic E-state index is 0.212. The van der Waals surface area contributed by atoms with Crippen molar-refractivity contribution in [3.8, 4) is 11.4 Å². The first-order valence-corrected chi connectivity index (χ1v) is 6.36. The minimum atomic E-state index is -0.965. The van der Waals surface area contributed by atoms with Crippen LogP contribution in [0.5, 0.6) is 0 Å². The van der Waals surface area contributed by atoms with Gasteiger partial charge in [-0.05, 0) is 24.1 Å². The van der Waals surface area contributed by atoms with Crippen molar-refractivity contribution in [1.82, 2.24) is 14.6 Å². The number of rotatable bonds is 3. The second-order valence-corrected chi connectivity index (χ2v) is 4.53. The lowest BCUT2D eigenvalue weighted by atomic mass is 10.1. The molecule has 0 bridgehead atoms. The Balaban J connectivity index is 2.14. The zero-order valence-corrected chi connectivity index (χ0v) is 10.9. The molecular formula is C15H13N3O2. The number of hydrogen-bond donors (Lipinski definition) is 1. The Morgan fingerprint density at radius 3 is 2.55 bits per heavy atom. The predicted octanol–water partition coefficient (Wildman–Crippen LogP) is 2.66. The molecule has 0 aliphatic carbocycles. The molecule has 2 heterocycles. The van der Waals surface area contributed by atoms with E-state index in [4.69, 9.17) is 5.11 Å². The third kappa shape index (κ3) is 2.03. The lowest BCUT2D eigenvalue weighted by Gasteiger charge is -2.02. The number of fused-ring (bicyclic) bond motifs is 1. The fraction of sp³-hybridized carbons (Fsp3) is 0.133. The highest BCUT2D eigenvalue weighted by Gasteiger charge is 2.10. The van der Waals surface area contributed by atoms with Gasteiger partial charge in [0.15, 0.2) is 11.5 Å². The van der Waals surface area contributed by atoms with Gasteiger partial charge < -0.3 is 5.11 Å². The molecule has 0 radical (unpaired) electrons. The van der Waals surface area contributed by atoms with Gasteiger partial charge in [-0.2, -0.15) is 0 Å². The average Bonchev–Trinajstić information content (AvgIpc) is 2.90. The van der Waals surface area contributed by atoms with Crippen molar-refractivity contribution in [2.45, 2.75) is 13.3 Å². The Bertz CT molecular complexity index is 775. The molecule has 0 spiro atoms. The molecule has 0 amide bonds. The van der Waals surface area contributed by atoms with Crippen molar-refractivity contribution >= 4 is 11.6 Å². The first-order valence-electron chi connectivity index (χ1n) is 6.36. The van der Waals surface area contributed by atoms with E-state index in [1.54, 1.807) is 16.7 Å². The molecule has 5 nitrogen and oxygen atoms in total. The van der Waals surface area contributed by atoms with Gasteiger partial charge in [-0.15, -0.1) is 10.2 Å². The van der Waals surface area contributed by atoms with Crippen molar-refractivity contribution in [2.75, 3.05) is 0 Å². The van der Waals surface area contributed by atoms with Crippen LogP contribution in [-0.2, 0) is 6.42 Å². The summed E-state index contributed by atoms with van der Waals surface area (Å²) in [6, 6.07) is 11.2. The molecular weight excluding hydrogens is 254 g/mol. The number of carbonyl (C=O) groups is 1. The number of aromatic carboxylic acids is 1. The Kier molecular flexibility index (Phi) is 2.95. The van der Waals surface area contributed by atoms with Gasteiger partial charge in [0, 0.05) is 11.8 Å². The van der Waals surface area contributed by atoms with Crippen LogP contribution >= 0.6 is 0 Å². The van der Waals surface area contributed by atoms with Gasteiger partial charge in [-0.25, -0.2) is 4.79 Å². The molecule has 5 heteroatoms. The zero-order chi connectivity index (χ0) is 14.1. The third-order valence-corrected chi connectivity index (χ3v) is 3.27. The maximum absolute atomic E-state index is 11.0. The normalized spacial score (nSPS) is 10.8. The fourth-order valence-corrected chi connectivity index (χ4v) is 2.10. The van der Waals surface area contributed by atoms with Crippen LogP contribution in [-0.4, -0.2) is 25.7 Å². The number of nitrogens with zero attached hydrogens (tertiary/aromatic N) is 3. The van der Waals surface area contributed by atoms with Crippen LogP contribution < -0.4 is 0 Å². The van der Waals surface area contributed by atoms with Crippen LogP contribution in [0.2, 0.25) is 0 Å². The number of carboxylic acid groups (broad SMARTS) is 1. The molecule has 0 fully saturated rings. The number of aromatic nitrogens is 3. The van der Waals surface area contributed by atoms with E-state index in [1.807, 2.05) is 24.3 Å². The smallest absolute Gasteiger partial charge is 0.337 e. The molecule has 1 N–H and O–H groups in total. The van der Waals surface area contributed by atoms with E-state index < -0.39 is 5.97 Å². The summed E-state index contributed by atoms with van der Waals surface area (Å²) in [5, 5.41) is 17.3. The third-order valence-electron chi connectivity index (χ3n) is 3.27. The lowest BCUT2D eigenvalue weighted by Crippen LogP contribution is -1.99. The highest BCUT2D eigenvalue weighted by Crippen LogP contribution is 2.19. The quantitative estimate of drug-likeness (QED) is 0.792. The number of carboxylic acids is 1. The van der Waals surface area contributed by atoms with Crippen molar-refractivity contribution in [3.63, 3.8) is 0 Å². The summed E-state index contributed by atoms with van der Waals surface area (Å²) in [5.41, 5.74) is 3.00. The second-order valence-electron chi connectivity index (χ2n) is 4.53. The van der Waals surface area contributed by atoms with Crippen molar-refractivity contribution < 1.29 is 9.90 Å². The summed E-state index contributed by atoms with van der Waals surface area (Å²) in [4.78, 5) is 11.0. The SMILES string of the molecule is CCc1ccc(-c2nnc3ccc(C(=O)O)cn23)cc1. The van der Waals surface area contributed by atoms with Gasteiger partial charge in [-0.3, -0.25) is 4.40 Å². The second kappa shape index (κ2) is 4.77. The highest BCUT2D eigenvalue weighted by atomic mass is 16.4. The molecule has 0 atom stereocenters. The van der Waals surface area contributed by atoms with Crippen LogP contribution in [0.1, 0.15) is 22.8 Å². The molecule has 0 aliphatic rings. The van der Waals surface area contributed by atoms with Gasteiger partial charge in [0.1, 0.15) is 0 Å². The van der Waals surface area contributed by atoms with E-state index in [9.17, 15) is 4.79 Å². The minimum Gasteiger partial charge on any atom is -0.478 e. The van der Waals surface area contributed by atoms with E-state index in [-0.39, 0.29) is 5.56 Å². The van der Waals surface area contributed by atoms with Gasteiger partial charge in [0.05, 0.1) is 5.56 Å². The van der Waals surface area contributed by atoms with Crippen LogP contribution in [0.4, 0.5) is 0 Å². The largest absolute Gasteiger partial charge is 0.478 e. The van der Waals surface area contributed by atoms with Crippen LogP contribution in [0, 0.1) is 0 Å². The van der Waals surface area contributed by atoms with E-state index in [0.29, 0.717) is 11.5 Å². The summed E-state index contributed by atoms with van der Waals surface area (Å²) >= 11 is 0. The maximum atomic E-state index is 11.0. The Labute approximate surface area is 115 Å². The average molecular weight is 267 g/mol. The van der Waals surface area contributed by atoms with Crippen LogP contribution in [0.3, 0.4) is 0 Å². The van der Waals surface area contributed by atoms with Crippen molar-refractivity contribution in [3.05, 3.63) is 53.7 Å².